The zero-order valence-corrected chi connectivity index (χ0v) is 7.16. The molecule has 0 saturated carbocycles. The van der Waals surface area contributed by atoms with Gasteiger partial charge in [-0.15, -0.1) is 0 Å². The van der Waals surface area contributed by atoms with Crippen LogP contribution in [0.4, 0.5) is 17.6 Å². The highest BCUT2D eigenvalue weighted by Gasteiger charge is 2.41. The second-order valence-electron chi connectivity index (χ2n) is 2.90. The molecule has 0 bridgehead atoms. The van der Waals surface area contributed by atoms with E-state index in [0.29, 0.717) is 0 Å². The standard InChI is InChI=1S/C9H10F4/c1-2-6-4-3-5-7(10)8(6)9(11,12)13/h3-4,7H,2,5H2,1H3. The van der Waals surface area contributed by atoms with Crippen molar-refractivity contribution in [3.63, 3.8) is 0 Å². The minimum Gasteiger partial charge on any atom is -0.242 e. The molecule has 4 heteroatoms. The highest BCUT2D eigenvalue weighted by molar-refractivity contribution is 5.35. The van der Waals surface area contributed by atoms with E-state index < -0.39 is 17.9 Å². The molecule has 0 fully saturated rings. The summed E-state index contributed by atoms with van der Waals surface area (Å²) in [4.78, 5) is 0. The number of hydrogen-bond donors (Lipinski definition) is 0. The predicted octanol–water partition coefficient (Wildman–Crippen LogP) is 3.55. The van der Waals surface area contributed by atoms with Crippen LogP contribution in [0.5, 0.6) is 0 Å². The Bertz CT molecular complexity index is 247. The lowest BCUT2D eigenvalue weighted by Gasteiger charge is -2.21. The van der Waals surface area contributed by atoms with Gasteiger partial charge in [0.05, 0.1) is 5.57 Å². The van der Waals surface area contributed by atoms with Crippen molar-refractivity contribution in [3.8, 4) is 0 Å². The fourth-order valence-corrected chi connectivity index (χ4v) is 1.41. The van der Waals surface area contributed by atoms with E-state index in [2.05, 4.69) is 0 Å². The van der Waals surface area contributed by atoms with Crippen molar-refractivity contribution < 1.29 is 17.6 Å². The van der Waals surface area contributed by atoms with Crippen LogP contribution in [0, 0.1) is 0 Å². The van der Waals surface area contributed by atoms with Crippen LogP contribution in [0.3, 0.4) is 0 Å². The Balaban J connectivity index is 3.09. The first-order chi connectivity index (χ1) is 5.96. The van der Waals surface area contributed by atoms with Crippen LogP contribution in [-0.2, 0) is 0 Å². The molecule has 0 saturated heterocycles. The quantitative estimate of drug-likeness (QED) is 0.560. The van der Waals surface area contributed by atoms with Crippen LogP contribution >= 0.6 is 0 Å². The van der Waals surface area contributed by atoms with Crippen molar-refractivity contribution in [2.45, 2.75) is 32.1 Å². The Kier molecular flexibility index (Phi) is 2.78. The zero-order chi connectivity index (χ0) is 10.1. The lowest BCUT2D eigenvalue weighted by atomic mass is 9.94. The smallest absolute Gasteiger partial charge is 0.242 e. The third-order valence-corrected chi connectivity index (χ3v) is 2.01. The number of hydrogen-bond acceptors (Lipinski definition) is 0. The van der Waals surface area contributed by atoms with E-state index in [-0.39, 0.29) is 18.4 Å². The molecule has 0 amide bonds. The number of alkyl halides is 4. The van der Waals surface area contributed by atoms with Crippen molar-refractivity contribution in [1.29, 1.82) is 0 Å². The van der Waals surface area contributed by atoms with Crippen LogP contribution in [-0.4, -0.2) is 12.3 Å². The van der Waals surface area contributed by atoms with Gasteiger partial charge < -0.3 is 0 Å². The van der Waals surface area contributed by atoms with Gasteiger partial charge in [0, 0.05) is 6.42 Å². The normalized spacial score (nSPS) is 23.9. The molecule has 0 nitrogen and oxygen atoms in total. The van der Waals surface area contributed by atoms with Crippen molar-refractivity contribution in [1.82, 2.24) is 0 Å². The minimum absolute atomic E-state index is 0.0613. The fraction of sp³-hybridized carbons (Fsp3) is 0.556. The maximum Gasteiger partial charge on any atom is 0.415 e. The average Bonchev–Trinajstić information content (AvgIpc) is 2.01. The molecule has 74 valence electrons. The van der Waals surface area contributed by atoms with Crippen molar-refractivity contribution in [2.24, 2.45) is 0 Å². The van der Waals surface area contributed by atoms with Crippen LogP contribution in [0.25, 0.3) is 0 Å². The summed E-state index contributed by atoms with van der Waals surface area (Å²) in [5.41, 5.74) is -0.941. The van der Waals surface area contributed by atoms with E-state index in [9.17, 15) is 17.6 Å². The second-order valence-corrected chi connectivity index (χ2v) is 2.90. The van der Waals surface area contributed by atoms with E-state index in [1.165, 1.54) is 12.2 Å². The summed E-state index contributed by atoms with van der Waals surface area (Å²) in [6, 6.07) is 0. The molecule has 0 N–H and O–H groups in total. The molecule has 1 aliphatic rings. The Morgan fingerprint density at radius 2 is 2.08 bits per heavy atom. The molecule has 0 radical (unpaired) electrons. The van der Waals surface area contributed by atoms with Crippen molar-refractivity contribution in [2.75, 3.05) is 0 Å². The topological polar surface area (TPSA) is 0 Å². The van der Waals surface area contributed by atoms with Gasteiger partial charge in [-0.1, -0.05) is 19.1 Å². The summed E-state index contributed by atoms with van der Waals surface area (Å²) in [5.74, 6) is 0. The van der Waals surface area contributed by atoms with Gasteiger partial charge in [0.25, 0.3) is 0 Å². The monoisotopic (exact) mass is 194 g/mol. The van der Waals surface area contributed by atoms with Gasteiger partial charge in [-0.3, -0.25) is 0 Å². The molecule has 0 spiro atoms. The molecule has 1 rings (SSSR count). The molecule has 0 aromatic rings. The third-order valence-electron chi connectivity index (χ3n) is 2.01. The van der Waals surface area contributed by atoms with E-state index in [0.717, 1.165) is 0 Å². The molecule has 1 aliphatic carbocycles. The maximum atomic E-state index is 13.0. The van der Waals surface area contributed by atoms with E-state index in [1.807, 2.05) is 0 Å². The number of rotatable bonds is 1. The summed E-state index contributed by atoms with van der Waals surface area (Å²) < 4.78 is 49.8. The van der Waals surface area contributed by atoms with Crippen LogP contribution in [0.15, 0.2) is 23.3 Å². The molecule has 0 aliphatic heterocycles. The number of halogens is 4. The first-order valence-corrected chi connectivity index (χ1v) is 4.07. The van der Waals surface area contributed by atoms with Crippen LogP contribution < -0.4 is 0 Å². The molecule has 0 heterocycles. The highest BCUT2D eigenvalue weighted by atomic mass is 19.4. The zero-order valence-electron chi connectivity index (χ0n) is 7.16. The van der Waals surface area contributed by atoms with Crippen molar-refractivity contribution in [3.05, 3.63) is 23.3 Å². The van der Waals surface area contributed by atoms with E-state index in [4.69, 9.17) is 0 Å². The molecule has 1 unspecified atom stereocenters. The fourth-order valence-electron chi connectivity index (χ4n) is 1.41. The van der Waals surface area contributed by atoms with Gasteiger partial charge >= 0.3 is 6.18 Å². The largest absolute Gasteiger partial charge is 0.415 e. The summed E-state index contributed by atoms with van der Waals surface area (Å²) in [6.07, 6.45) is -3.57. The minimum atomic E-state index is -4.53. The second kappa shape index (κ2) is 3.52. The summed E-state index contributed by atoms with van der Waals surface area (Å²) in [7, 11) is 0. The SMILES string of the molecule is CCC1=C(C(F)(F)F)C(F)CC=C1. The molecule has 0 aromatic heterocycles. The average molecular weight is 194 g/mol. The number of allylic oxidation sites excluding steroid dienone is 4. The third kappa shape index (κ3) is 2.11. The van der Waals surface area contributed by atoms with Gasteiger partial charge in [-0.05, 0) is 12.0 Å². The molecule has 13 heavy (non-hydrogen) atoms. The molecular formula is C9H10F4. The molecule has 1 atom stereocenters. The van der Waals surface area contributed by atoms with Crippen LogP contribution in [0.1, 0.15) is 19.8 Å². The first-order valence-electron chi connectivity index (χ1n) is 4.07. The Labute approximate surface area is 73.9 Å². The van der Waals surface area contributed by atoms with E-state index in [1.54, 1.807) is 6.92 Å². The Morgan fingerprint density at radius 1 is 1.46 bits per heavy atom. The maximum absolute atomic E-state index is 13.0. The Morgan fingerprint density at radius 3 is 2.46 bits per heavy atom. The molecule has 0 aromatic carbocycles. The van der Waals surface area contributed by atoms with Gasteiger partial charge in [-0.25, -0.2) is 4.39 Å². The molecular weight excluding hydrogens is 184 g/mol. The Hall–Kier alpha value is -0.800. The highest BCUT2D eigenvalue weighted by Crippen LogP contribution is 2.37. The van der Waals surface area contributed by atoms with Gasteiger partial charge in [0.2, 0.25) is 0 Å². The van der Waals surface area contributed by atoms with Crippen LogP contribution in [0.2, 0.25) is 0 Å². The lowest BCUT2D eigenvalue weighted by molar-refractivity contribution is -0.101. The van der Waals surface area contributed by atoms with Gasteiger partial charge in [-0.2, -0.15) is 13.2 Å². The summed E-state index contributed by atoms with van der Waals surface area (Å²) >= 11 is 0. The van der Waals surface area contributed by atoms with Gasteiger partial charge in [0.15, 0.2) is 0 Å². The predicted molar refractivity (Wildman–Crippen MR) is 42.0 cm³/mol. The lowest BCUT2D eigenvalue weighted by Crippen LogP contribution is -2.24. The summed E-state index contributed by atoms with van der Waals surface area (Å²) in [6.45, 7) is 1.59. The van der Waals surface area contributed by atoms with Gasteiger partial charge in [0.1, 0.15) is 6.17 Å². The first kappa shape index (κ1) is 10.3. The summed E-state index contributed by atoms with van der Waals surface area (Å²) in [5, 5.41) is 0. The van der Waals surface area contributed by atoms with Crippen molar-refractivity contribution >= 4 is 0 Å². The van der Waals surface area contributed by atoms with E-state index >= 15 is 0 Å².